The highest BCUT2D eigenvalue weighted by molar-refractivity contribution is 6.34. The Balaban J connectivity index is 2.02. The number of nitrogens with zero attached hydrogens (tertiary/aromatic N) is 2. The van der Waals surface area contributed by atoms with Gasteiger partial charge < -0.3 is 14.6 Å². The first-order chi connectivity index (χ1) is 15.2. The number of anilines is 1. The van der Waals surface area contributed by atoms with E-state index in [4.69, 9.17) is 14.6 Å². The van der Waals surface area contributed by atoms with Crippen LogP contribution in [0.1, 0.15) is 29.8 Å². The number of halogens is 3. The second-order valence-electron chi connectivity index (χ2n) is 6.55. The van der Waals surface area contributed by atoms with Crippen molar-refractivity contribution >= 4 is 29.4 Å². The maximum Gasteiger partial charge on any atom is 0.435 e. The third-order valence-corrected chi connectivity index (χ3v) is 4.38. The van der Waals surface area contributed by atoms with Crippen molar-refractivity contribution < 1.29 is 37.3 Å². The molecular weight excluding hydrogens is 429 g/mol. The molecule has 0 spiro atoms. The van der Waals surface area contributed by atoms with E-state index in [-0.39, 0.29) is 11.3 Å². The lowest BCUT2D eigenvalue weighted by molar-refractivity contribution is -0.114. The van der Waals surface area contributed by atoms with Crippen molar-refractivity contribution in [2.24, 2.45) is 5.10 Å². The van der Waals surface area contributed by atoms with E-state index in [1.165, 1.54) is 36.4 Å². The number of carboxylic acid groups (broad SMARTS) is 1. The Morgan fingerprint density at radius 3 is 2.25 bits per heavy atom. The second-order valence-corrected chi connectivity index (χ2v) is 6.55. The molecule has 0 aromatic heterocycles. The molecule has 10 heteroatoms. The van der Waals surface area contributed by atoms with Crippen molar-refractivity contribution in [3.63, 3.8) is 0 Å². The van der Waals surface area contributed by atoms with Gasteiger partial charge in [0, 0.05) is 0 Å². The van der Waals surface area contributed by atoms with Crippen LogP contribution in [-0.4, -0.2) is 42.1 Å². The van der Waals surface area contributed by atoms with Crippen LogP contribution in [0.15, 0.2) is 53.1 Å². The lowest BCUT2D eigenvalue weighted by Gasteiger charge is -2.12. The molecule has 0 aliphatic carbocycles. The summed E-state index contributed by atoms with van der Waals surface area (Å²) in [6.07, 6.45) is -3.80. The van der Waals surface area contributed by atoms with Crippen LogP contribution in [0, 0.1) is 0 Å². The van der Waals surface area contributed by atoms with Crippen molar-refractivity contribution in [2.75, 3.05) is 18.2 Å². The fourth-order valence-electron chi connectivity index (χ4n) is 3.00. The second kappa shape index (κ2) is 9.13. The minimum atomic E-state index is -4.88. The molecular formula is C22H19F3N2O5. The number of aromatic carboxylic acids is 1. The molecule has 7 nitrogen and oxygen atoms in total. The molecule has 0 unspecified atom stereocenters. The third-order valence-electron chi connectivity index (χ3n) is 4.38. The lowest BCUT2D eigenvalue weighted by Crippen LogP contribution is -2.25. The summed E-state index contributed by atoms with van der Waals surface area (Å²) >= 11 is 0. The molecule has 0 saturated carbocycles. The summed E-state index contributed by atoms with van der Waals surface area (Å²) in [6, 6.07) is 9.32. The Morgan fingerprint density at radius 1 is 1.06 bits per heavy atom. The topological polar surface area (TPSA) is 88.4 Å². The van der Waals surface area contributed by atoms with Crippen molar-refractivity contribution in [1.29, 1.82) is 0 Å². The molecule has 1 heterocycles. The highest BCUT2D eigenvalue weighted by Crippen LogP contribution is 2.34. The van der Waals surface area contributed by atoms with Gasteiger partial charge in [-0.3, -0.25) is 4.79 Å². The van der Waals surface area contributed by atoms with E-state index in [2.05, 4.69) is 5.10 Å². The fraction of sp³-hybridized carbons (Fsp3) is 0.227. The molecule has 1 N–H and O–H groups in total. The number of alkyl halides is 3. The van der Waals surface area contributed by atoms with Crippen LogP contribution in [0.5, 0.6) is 11.5 Å². The molecule has 0 atom stereocenters. The molecule has 1 aliphatic rings. The molecule has 3 rings (SSSR count). The molecule has 0 saturated heterocycles. The van der Waals surface area contributed by atoms with E-state index >= 15 is 0 Å². The van der Waals surface area contributed by atoms with E-state index in [0.29, 0.717) is 35.3 Å². The van der Waals surface area contributed by atoms with Gasteiger partial charge in [0.05, 0.1) is 30.0 Å². The van der Waals surface area contributed by atoms with Gasteiger partial charge in [0.15, 0.2) is 17.2 Å². The predicted molar refractivity (Wildman–Crippen MR) is 111 cm³/mol. The minimum absolute atomic E-state index is 0.00634. The average Bonchev–Trinajstić information content (AvgIpc) is 3.07. The Labute approximate surface area is 181 Å². The number of hydrazone groups is 1. The van der Waals surface area contributed by atoms with Gasteiger partial charge in [0.25, 0.3) is 5.91 Å². The summed E-state index contributed by atoms with van der Waals surface area (Å²) < 4.78 is 51.8. The highest BCUT2D eigenvalue weighted by atomic mass is 19.4. The number of carbonyl (C=O) groups excluding carboxylic acids is 1. The van der Waals surface area contributed by atoms with Gasteiger partial charge in [0.1, 0.15) is 0 Å². The van der Waals surface area contributed by atoms with Crippen molar-refractivity contribution in [2.45, 2.75) is 20.0 Å². The van der Waals surface area contributed by atoms with Gasteiger partial charge >= 0.3 is 12.1 Å². The average molecular weight is 448 g/mol. The molecule has 0 radical (unpaired) electrons. The first-order valence-electron chi connectivity index (χ1n) is 9.61. The van der Waals surface area contributed by atoms with Gasteiger partial charge in [-0.2, -0.15) is 23.3 Å². The van der Waals surface area contributed by atoms with Crippen LogP contribution in [0.2, 0.25) is 0 Å². The maximum absolute atomic E-state index is 13.6. The zero-order valence-corrected chi connectivity index (χ0v) is 17.1. The highest BCUT2D eigenvalue weighted by Gasteiger charge is 2.46. The van der Waals surface area contributed by atoms with Gasteiger partial charge in [-0.1, -0.05) is 6.07 Å². The van der Waals surface area contributed by atoms with Crippen LogP contribution in [0.4, 0.5) is 18.9 Å². The normalized spacial score (nSPS) is 15.2. The number of ether oxygens (including phenoxy) is 2. The quantitative estimate of drug-likeness (QED) is 0.629. The number of hydrogen-bond acceptors (Lipinski definition) is 5. The van der Waals surface area contributed by atoms with E-state index in [9.17, 15) is 22.8 Å². The number of rotatable bonds is 7. The number of carbonyl (C=O) groups is 2. The molecule has 2 aromatic rings. The van der Waals surface area contributed by atoms with E-state index < -0.39 is 29.3 Å². The number of carboxylic acids is 1. The molecule has 0 fully saturated rings. The summed E-state index contributed by atoms with van der Waals surface area (Å²) in [5.74, 6) is -1.43. The molecule has 168 valence electrons. The van der Waals surface area contributed by atoms with Crippen LogP contribution in [-0.2, 0) is 4.79 Å². The predicted octanol–water partition coefficient (Wildman–Crippen LogP) is 4.53. The summed E-state index contributed by atoms with van der Waals surface area (Å²) in [7, 11) is 0. The smallest absolute Gasteiger partial charge is 0.435 e. The summed E-state index contributed by atoms with van der Waals surface area (Å²) in [5, 5.41) is 13.0. The van der Waals surface area contributed by atoms with Gasteiger partial charge in [-0.25, -0.2) is 4.79 Å². The number of amides is 1. The van der Waals surface area contributed by atoms with E-state index in [1.807, 2.05) is 0 Å². The van der Waals surface area contributed by atoms with Crippen molar-refractivity contribution in [3.8, 4) is 11.5 Å². The Morgan fingerprint density at radius 2 is 1.69 bits per heavy atom. The monoisotopic (exact) mass is 448 g/mol. The fourth-order valence-corrected chi connectivity index (χ4v) is 3.00. The molecule has 32 heavy (non-hydrogen) atoms. The van der Waals surface area contributed by atoms with Gasteiger partial charge in [0.2, 0.25) is 0 Å². The molecule has 2 aromatic carbocycles. The standard InChI is InChI=1S/C22H19F3N2O5/c1-3-31-17-10-5-13(12-18(17)32-4-2)11-16-19(22(23,24)25)26-27(20(16)28)15-8-6-14(7-9-15)21(29)30/h5-12H,3-4H2,1-2H3,(H,29,30)/b16-11-. The Kier molecular flexibility index (Phi) is 6.52. The SMILES string of the molecule is CCOc1ccc(/C=C2\C(=O)N(c3ccc(C(=O)O)cc3)N=C2C(F)(F)F)cc1OCC. The summed E-state index contributed by atoms with van der Waals surface area (Å²) in [6.45, 7) is 4.23. The zero-order chi connectivity index (χ0) is 23.5. The molecule has 0 bridgehead atoms. The van der Waals surface area contributed by atoms with Crippen LogP contribution < -0.4 is 14.5 Å². The van der Waals surface area contributed by atoms with Crippen LogP contribution in [0.3, 0.4) is 0 Å². The first-order valence-corrected chi connectivity index (χ1v) is 9.61. The summed E-state index contributed by atoms with van der Waals surface area (Å²) in [4.78, 5) is 23.8. The van der Waals surface area contributed by atoms with Crippen molar-refractivity contribution in [3.05, 3.63) is 59.2 Å². The van der Waals surface area contributed by atoms with Crippen LogP contribution in [0.25, 0.3) is 6.08 Å². The zero-order valence-electron chi connectivity index (χ0n) is 17.1. The number of benzene rings is 2. The van der Waals surface area contributed by atoms with E-state index in [0.717, 1.165) is 6.08 Å². The minimum Gasteiger partial charge on any atom is -0.490 e. The molecule has 1 aliphatic heterocycles. The lowest BCUT2D eigenvalue weighted by atomic mass is 10.1. The van der Waals surface area contributed by atoms with Gasteiger partial charge in [-0.15, -0.1) is 0 Å². The number of hydrogen-bond donors (Lipinski definition) is 1. The summed E-state index contributed by atoms with van der Waals surface area (Å²) in [5.41, 5.74) is -1.77. The third kappa shape index (κ3) is 4.74. The van der Waals surface area contributed by atoms with Crippen molar-refractivity contribution in [1.82, 2.24) is 0 Å². The van der Waals surface area contributed by atoms with E-state index in [1.54, 1.807) is 19.9 Å². The van der Waals surface area contributed by atoms with Crippen LogP contribution >= 0.6 is 0 Å². The maximum atomic E-state index is 13.6. The van der Waals surface area contributed by atoms with Gasteiger partial charge in [-0.05, 0) is 61.9 Å². The molecule has 1 amide bonds. The Bertz CT molecular complexity index is 1090. The largest absolute Gasteiger partial charge is 0.490 e. The first kappa shape index (κ1) is 22.9. The Hall–Kier alpha value is -3.82.